The van der Waals surface area contributed by atoms with Gasteiger partial charge in [0.05, 0.1) is 11.1 Å². The van der Waals surface area contributed by atoms with Gasteiger partial charge < -0.3 is 9.47 Å². The van der Waals surface area contributed by atoms with Gasteiger partial charge in [0, 0.05) is 11.5 Å². The molecule has 3 atom stereocenters. The number of hydrogen-bond donors (Lipinski definition) is 0. The third kappa shape index (κ3) is 3.14. The number of ether oxygens (including phenoxy) is 2. The monoisotopic (exact) mass is 470 g/mol. The minimum absolute atomic E-state index is 0.0741. The van der Waals surface area contributed by atoms with Crippen molar-refractivity contribution in [3.8, 4) is 0 Å². The van der Waals surface area contributed by atoms with Gasteiger partial charge in [0.25, 0.3) is 0 Å². The summed E-state index contributed by atoms with van der Waals surface area (Å²) in [4.78, 5) is 26.3. The molecule has 0 aliphatic heterocycles. The van der Waals surface area contributed by atoms with E-state index >= 15 is 0 Å². The van der Waals surface area contributed by atoms with Crippen LogP contribution in [0, 0.1) is 0 Å². The molecule has 0 saturated carbocycles. The van der Waals surface area contributed by atoms with Crippen LogP contribution in [0.2, 0.25) is 0 Å². The van der Waals surface area contributed by atoms with Crippen molar-refractivity contribution < 1.29 is 19.1 Å². The molecule has 36 heavy (non-hydrogen) atoms. The van der Waals surface area contributed by atoms with E-state index in [0.717, 1.165) is 5.56 Å². The minimum atomic E-state index is -0.703. The topological polar surface area (TPSA) is 52.6 Å². The molecule has 1 unspecified atom stereocenters. The molecule has 5 aromatic rings. The van der Waals surface area contributed by atoms with Gasteiger partial charge in [0.15, 0.2) is 6.10 Å². The molecule has 5 aromatic carbocycles. The summed E-state index contributed by atoms with van der Waals surface area (Å²) in [6.45, 7) is 0. The van der Waals surface area contributed by atoms with Crippen molar-refractivity contribution in [2.45, 2.75) is 24.5 Å². The standard InChI is InChI=1S/C32H22O4/c33-31(21-8-3-1-4-9-21)35-26-18-25-23-13-7-12-19-14-15-20-16-17-24(29(25)28(20)27(19)23)30(26)36-32(34)22-10-5-2-6-11-22/h1-17,25-26,30H,18H2/t25?,26-,30-/m0/s1. The molecule has 0 bridgehead atoms. The maximum absolute atomic E-state index is 13.2. The molecule has 0 N–H and O–H groups in total. The van der Waals surface area contributed by atoms with Crippen LogP contribution >= 0.6 is 0 Å². The summed E-state index contributed by atoms with van der Waals surface area (Å²) in [5.74, 6) is -0.773. The zero-order valence-corrected chi connectivity index (χ0v) is 19.4. The van der Waals surface area contributed by atoms with Crippen molar-refractivity contribution in [3.05, 3.63) is 131 Å². The lowest BCUT2D eigenvalue weighted by atomic mass is 9.78. The Hall–Kier alpha value is -4.44. The first kappa shape index (κ1) is 20.9. The summed E-state index contributed by atoms with van der Waals surface area (Å²) in [7, 11) is 0. The Morgan fingerprint density at radius 3 is 1.89 bits per heavy atom. The van der Waals surface area contributed by atoms with Crippen molar-refractivity contribution in [1.29, 1.82) is 0 Å². The highest BCUT2D eigenvalue weighted by Gasteiger charge is 2.44. The van der Waals surface area contributed by atoms with Crippen LogP contribution in [0.1, 0.15) is 55.8 Å². The van der Waals surface area contributed by atoms with E-state index < -0.39 is 24.1 Å². The van der Waals surface area contributed by atoms with E-state index in [4.69, 9.17) is 9.47 Å². The molecule has 7 rings (SSSR count). The van der Waals surface area contributed by atoms with Crippen LogP contribution in [0.15, 0.2) is 103 Å². The molecular weight excluding hydrogens is 448 g/mol. The van der Waals surface area contributed by atoms with Gasteiger partial charge >= 0.3 is 11.9 Å². The van der Waals surface area contributed by atoms with Crippen molar-refractivity contribution >= 4 is 33.5 Å². The summed E-state index contributed by atoms with van der Waals surface area (Å²) in [6.07, 6.45) is -0.777. The summed E-state index contributed by atoms with van der Waals surface area (Å²) in [5.41, 5.74) is 4.29. The van der Waals surface area contributed by atoms with Crippen LogP contribution in [0.5, 0.6) is 0 Å². The summed E-state index contributed by atoms with van der Waals surface area (Å²) < 4.78 is 12.2. The number of hydrogen-bond acceptors (Lipinski definition) is 4. The Labute approximate surface area is 208 Å². The Balaban J connectivity index is 1.36. The lowest BCUT2D eigenvalue weighted by molar-refractivity contribution is -0.0453. The largest absolute Gasteiger partial charge is 0.454 e. The minimum Gasteiger partial charge on any atom is -0.454 e. The SMILES string of the molecule is O=C(O[C@H]1CC2c3cccc4ccc5ccc(c2c5c34)[C@@H]1OC(=O)c1ccccc1)c1ccccc1. The van der Waals surface area contributed by atoms with E-state index in [2.05, 4.69) is 36.4 Å². The van der Waals surface area contributed by atoms with Gasteiger partial charge in [-0.3, -0.25) is 0 Å². The van der Waals surface area contributed by atoms with E-state index in [1.165, 1.54) is 32.7 Å². The molecule has 2 aliphatic rings. The van der Waals surface area contributed by atoms with Gasteiger partial charge in [0.1, 0.15) is 6.10 Å². The lowest BCUT2D eigenvalue weighted by Gasteiger charge is -2.36. The van der Waals surface area contributed by atoms with E-state index in [9.17, 15) is 9.59 Å². The molecule has 174 valence electrons. The molecule has 0 spiro atoms. The van der Waals surface area contributed by atoms with E-state index in [0.29, 0.717) is 17.5 Å². The number of benzene rings is 5. The Kier molecular flexibility index (Phi) is 4.68. The maximum atomic E-state index is 13.2. The average Bonchev–Trinajstić information content (AvgIpc) is 3.27. The molecular formula is C32H22O4. The fourth-order valence-electron chi connectivity index (χ4n) is 5.92. The molecule has 0 heterocycles. The van der Waals surface area contributed by atoms with Crippen LogP contribution in [-0.2, 0) is 9.47 Å². The first-order valence-corrected chi connectivity index (χ1v) is 12.2. The summed E-state index contributed by atoms with van der Waals surface area (Å²) in [5, 5.41) is 4.83. The highest BCUT2D eigenvalue weighted by Crippen LogP contribution is 2.54. The number of rotatable bonds is 4. The van der Waals surface area contributed by atoms with E-state index in [1.807, 2.05) is 42.5 Å². The van der Waals surface area contributed by atoms with Crippen LogP contribution < -0.4 is 0 Å². The Bertz CT molecular complexity index is 1660. The highest BCUT2D eigenvalue weighted by molar-refractivity contribution is 6.14. The first-order valence-electron chi connectivity index (χ1n) is 12.2. The predicted molar refractivity (Wildman–Crippen MR) is 138 cm³/mol. The number of esters is 2. The van der Waals surface area contributed by atoms with Crippen molar-refractivity contribution in [2.24, 2.45) is 0 Å². The highest BCUT2D eigenvalue weighted by atomic mass is 16.6. The van der Waals surface area contributed by atoms with Gasteiger partial charge in [-0.05, 0) is 63.4 Å². The molecule has 0 aromatic heterocycles. The molecule has 0 radical (unpaired) electrons. The fraction of sp³-hybridized carbons (Fsp3) is 0.125. The van der Waals surface area contributed by atoms with Crippen LogP contribution in [0.3, 0.4) is 0 Å². The van der Waals surface area contributed by atoms with Crippen LogP contribution in [0.25, 0.3) is 21.5 Å². The van der Waals surface area contributed by atoms with Gasteiger partial charge in [-0.15, -0.1) is 0 Å². The quantitative estimate of drug-likeness (QED) is 0.210. The van der Waals surface area contributed by atoms with Gasteiger partial charge in [0.2, 0.25) is 0 Å². The van der Waals surface area contributed by atoms with E-state index in [-0.39, 0.29) is 5.92 Å². The summed E-state index contributed by atoms with van der Waals surface area (Å²) in [6, 6.07) is 32.7. The number of carbonyl (C=O) groups is 2. The zero-order chi connectivity index (χ0) is 24.2. The van der Waals surface area contributed by atoms with Gasteiger partial charge in [-0.25, -0.2) is 9.59 Å². The average molecular weight is 471 g/mol. The van der Waals surface area contributed by atoms with Crippen molar-refractivity contribution in [2.75, 3.05) is 0 Å². The van der Waals surface area contributed by atoms with E-state index in [1.54, 1.807) is 24.3 Å². The molecule has 4 heteroatoms. The maximum Gasteiger partial charge on any atom is 0.338 e. The third-order valence-electron chi connectivity index (χ3n) is 7.48. The molecule has 0 amide bonds. The Morgan fingerprint density at radius 2 is 1.19 bits per heavy atom. The second-order valence-corrected chi connectivity index (χ2v) is 9.47. The second-order valence-electron chi connectivity index (χ2n) is 9.47. The first-order chi connectivity index (χ1) is 17.7. The third-order valence-corrected chi connectivity index (χ3v) is 7.48. The fourth-order valence-corrected chi connectivity index (χ4v) is 5.92. The smallest absolute Gasteiger partial charge is 0.338 e. The van der Waals surface area contributed by atoms with Crippen molar-refractivity contribution in [1.82, 2.24) is 0 Å². The molecule has 2 aliphatic carbocycles. The van der Waals surface area contributed by atoms with Gasteiger partial charge in [-0.1, -0.05) is 78.9 Å². The zero-order valence-electron chi connectivity index (χ0n) is 19.4. The molecule has 0 fully saturated rings. The second kappa shape index (κ2) is 8.06. The number of carbonyl (C=O) groups excluding carboxylic acids is 2. The predicted octanol–water partition coefficient (Wildman–Crippen LogP) is 6.97. The number of fused-ring (bicyclic) bond motifs is 1. The van der Waals surface area contributed by atoms with Crippen molar-refractivity contribution in [3.63, 3.8) is 0 Å². The van der Waals surface area contributed by atoms with Crippen LogP contribution in [0.4, 0.5) is 0 Å². The Morgan fingerprint density at radius 1 is 0.583 bits per heavy atom. The summed E-state index contributed by atoms with van der Waals surface area (Å²) >= 11 is 0. The molecule has 4 nitrogen and oxygen atoms in total. The normalized spacial score (nSPS) is 19.5. The van der Waals surface area contributed by atoms with Gasteiger partial charge in [-0.2, -0.15) is 0 Å². The van der Waals surface area contributed by atoms with Crippen LogP contribution in [-0.4, -0.2) is 18.0 Å². The lowest BCUT2D eigenvalue weighted by Crippen LogP contribution is -2.35. The molecule has 0 saturated heterocycles.